The number of phenolic OH excluding ortho intramolecular Hbond substituents is 1. The second-order valence-electron chi connectivity index (χ2n) is 1.85. The van der Waals surface area contributed by atoms with Crippen molar-refractivity contribution >= 4 is 11.1 Å². The molecular formula is C6H4FNaO3S. The van der Waals surface area contributed by atoms with Gasteiger partial charge in [-0.05, 0) is 29.3 Å². The van der Waals surface area contributed by atoms with E-state index in [1.165, 1.54) is 0 Å². The summed E-state index contributed by atoms with van der Waals surface area (Å²) < 4.78 is 32.8. The maximum Gasteiger partial charge on any atom is 1.00 e. The quantitative estimate of drug-likeness (QED) is 0.410. The van der Waals surface area contributed by atoms with Gasteiger partial charge in [0.15, 0.2) is 0 Å². The summed E-state index contributed by atoms with van der Waals surface area (Å²) >= 11 is -2.59. The third-order valence-corrected chi connectivity index (χ3v) is 1.79. The van der Waals surface area contributed by atoms with E-state index in [2.05, 4.69) is 0 Å². The van der Waals surface area contributed by atoms with Gasteiger partial charge in [0.1, 0.15) is 11.6 Å². The number of halogens is 1. The van der Waals surface area contributed by atoms with Crippen LogP contribution >= 0.6 is 0 Å². The van der Waals surface area contributed by atoms with Crippen molar-refractivity contribution in [1.29, 1.82) is 0 Å². The average Bonchev–Trinajstić information content (AvgIpc) is 1.94. The number of rotatable bonds is 1. The van der Waals surface area contributed by atoms with Crippen LogP contribution in [0.15, 0.2) is 23.1 Å². The first kappa shape index (κ1) is 12.1. The van der Waals surface area contributed by atoms with E-state index in [1.807, 2.05) is 0 Å². The molecule has 1 unspecified atom stereocenters. The van der Waals surface area contributed by atoms with Crippen LogP contribution in [-0.4, -0.2) is 13.9 Å². The molecule has 0 fully saturated rings. The molecule has 12 heavy (non-hydrogen) atoms. The molecule has 0 aliphatic heterocycles. The summed E-state index contributed by atoms with van der Waals surface area (Å²) in [5.74, 6) is -1.14. The Hall–Kier alpha value is 0.0600. The third kappa shape index (κ3) is 2.84. The Morgan fingerprint density at radius 1 is 1.50 bits per heavy atom. The number of aromatic hydroxyl groups is 1. The fraction of sp³-hybridized carbons (Fsp3) is 0. The van der Waals surface area contributed by atoms with Gasteiger partial charge in [-0.2, -0.15) is 0 Å². The van der Waals surface area contributed by atoms with Gasteiger partial charge in [0.2, 0.25) is 0 Å². The molecule has 0 bridgehead atoms. The van der Waals surface area contributed by atoms with Gasteiger partial charge >= 0.3 is 29.6 Å². The first-order valence-electron chi connectivity index (χ1n) is 2.69. The molecule has 0 aromatic heterocycles. The smallest absolute Gasteiger partial charge is 0.768 e. The van der Waals surface area contributed by atoms with E-state index in [1.54, 1.807) is 0 Å². The molecule has 6 heteroatoms. The van der Waals surface area contributed by atoms with Crippen molar-refractivity contribution in [3.05, 3.63) is 24.0 Å². The Balaban J connectivity index is 0.00000121. The maximum atomic E-state index is 12.3. The summed E-state index contributed by atoms with van der Waals surface area (Å²) in [6.07, 6.45) is 0. The van der Waals surface area contributed by atoms with Crippen LogP contribution in [0.3, 0.4) is 0 Å². The fourth-order valence-corrected chi connectivity index (χ4v) is 1.07. The van der Waals surface area contributed by atoms with E-state index in [0.717, 1.165) is 18.2 Å². The van der Waals surface area contributed by atoms with E-state index in [4.69, 9.17) is 5.11 Å². The Morgan fingerprint density at radius 3 is 2.50 bits per heavy atom. The van der Waals surface area contributed by atoms with Gasteiger partial charge in [-0.25, -0.2) is 4.39 Å². The average molecular weight is 198 g/mol. The molecule has 0 amide bonds. The maximum absolute atomic E-state index is 12.3. The van der Waals surface area contributed by atoms with Crippen molar-refractivity contribution in [3.63, 3.8) is 0 Å². The summed E-state index contributed by atoms with van der Waals surface area (Å²) in [4.78, 5) is -0.426. The second-order valence-corrected chi connectivity index (χ2v) is 2.76. The van der Waals surface area contributed by atoms with Crippen LogP contribution in [0.2, 0.25) is 0 Å². The summed E-state index contributed by atoms with van der Waals surface area (Å²) in [6.45, 7) is 0. The molecule has 0 radical (unpaired) electrons. The van der Waals surface area contributed by atoms with E-state index in [9.17, 15) is 13.2 Å². The second kappa shape index (κ2) is 4.94. The Morgan fingerprint density at radius 2 is 2.08 bits per heavy atom. The van der Waals surface area contributed by atoms with E-state index >= 15 is 0 Å². The minimum Gasteiger partial charge on any atom is -0.768 e. The third-order valence-electron chi connectivity index (χ3n) is 1.10. The van der Waals surface area contributed by atoms with Gasteiger partial charge in [-0.3, -0.25) is 4.21 Å². The monoisotopic (exact) mass is 198 g/mol. The zero-order valence-corrected chi connectivity index (χ0v) is 9.10. The van der Waals surface area contributed by atoms with Crippen LogP contribution in [0.5, 0.6) is 5.75 Å². The molecule has 0 heterocycles. The van der Waals surface area contributed by atoms with Gasteiger partial charge < -0.3 is 9.66 Å². The molecular weight excluding hydrogens is 194 g/mol. The Labute approximate surface area is 93.2 Å². The summed E-state index contributed by atoms with van der Waals surface area (Å²) in [7, 11) is 0. The van der Waals surface area contributed by atoms with E-state index in [-0.39, 0.29) is 29.6 Å². The number of phenols is 1. The molecule has 1 aromatic rings. The van der Waals surface area contributed by atoms with Crippen molar-refractivity contribution < 1.29 is 47.8 Å². The standard InChI is InChI=1S/C6H5FO3S.Na/c7-4-1-2-5(8)6(3-4)11(9)10;/h1-3,8H,(H,9,10);/q;+1/p-1. The van der Waals surface area contributed by atoms with Crippen molar-refractivity contribution in [2.24, 2.45) is 0 Å². The van der Waals surface area contributed by atoms with Gasteiger partial charge in [0, 0.05) is 0 Å². The molecule has 0 spiro atoms. The number of benzene rings is 1. The van der Waals surface area contributed by atoms with Crippen molar-refractivity contribution in [2.45, 2.75) is 4.90 Å². The molecule has 1 aromatic carbocycles. The molecule has 0 saturated heterocycles. The number of hydrogen-bond acceptors (Lipinski definition) is 3. The van der Waals surface area contributed by atoms with Crippen molar-refractivity contribution in [1.82, 2.24) is 0 Å². The molecule has 0 aliphatic carbocycles. The predicted molar refractivity (Wildman–Crippen MR) is 35.3 cm³/mol. The normalized spacial score (nSPS) is 11.8. The van der Waals surface area contributed by atoms with Crippen LogP contribution in [0.4, 0.5) is 4.39 Å². The van der Waals surface area contributed by atoms with Crippen LogP contribution in [-0.2, 0) is 11.1 Å². The van der Waals surface area contributed by atoms with Gasteiger partial charge in [0.25, 0.3) is 0 Å². The van der Waals surface area contributed by atoms with Crippen LogP contribution in [0, 0.1) is 5.82 Å². The fourth-order valence-electron chi connectivity index (χ4n) is 0.621. The molecule has 1 rings (SSSR count). The van der Waals surface area contributed by atoms with Gasteiger partial charge in [-0.15, -0.1) is 0 Å². The minimum atomic E-state index is -2.59. The van der Waals surface area contributed by atoms with Crippen molar-refractivity contribution in [3.8, 4) is 5.75 Å². The largest absolute Gasteiger partial charge is 1.00 e. The topological polar surface area (TPSA) is 60.4 Å². The van der Waals surface area contributed by atoms with E-state index in [0.29, 0.717) is 0 Å². The zero-order valence-electron chi connectivity index (χ0n) is 6.28. The zero-order chi connectivity index (χ0) is 8.43. The molecule has 3 nitrogen and oxygen atoms in total. The predicted octanol–water partition coefficient (Wildman–Crippen LogP) is -2.23. The van der Waals surface area contributed by atoms with Crippen LogP contribution in [0.25, 0.3) is 0 Å². The summed E-state index contributed by atoms with van der Waals surface area (Å²) in [6, 6.07) is 2.71. The first-order chi connectivity index (χ1) is 5.11. The van der Waals surface area contributed by atoms with Crippen LogP contribution < -0.4 is 29.6 Å². The van der Waals surface area contributed by atoms with Gasteiger partial charge in [-0.1, -0.05) is 0 Å². The van der Waals surface area contributed by atoms with Gasteiger partial charge in [0.05, 0.1) is 4.90 Å². The minimum absolute atomic E-state index is 0. The molecule has 60 valence electrons. The van der Waals surface area contributed by atoms with Crippen molar-refractivity contribution in [2.75, 3.05) is 0 Å². The van der Waals surface area contributed by atoms with E-state index < -0.39 is 27.5 Å². The Kier molecular flexibility index (Phi) is 4.96. The van der Waals surface area contributed by atoms with Crippen LogP contribution in [0.1, 0.15) is 0 Å². The Bertz CT molecular complexity index is 305. The molecule has 0 aliphatic rings. The SMILES string of the molecule is O=S([O-])c1cc(F)ccc1O.[Na+]. The molecule has 1 atom stereocenters. The summed E-state index contributed by atoms with van der Waals surface area (Å²) in [5.41, 5.74) is 0. The number of hydrogen-bond donors (Lipinski definition) is 1. The summed E-state index contributed by atoms with van der Waals surface area (Å²) in [5, 5.41) is 8.85. The molecule has 0 saturated carbocycles. The molecule has 1 N–H and O–H groups in total. The first-order valence-corrected chi connectivity index (χ1v) is 3.76.